The Kier molecular flexibility index (Phi) is 4.19. The fraction of sp³-hybridized carbons (Fsp3) is 0.188. The Morgan fingerprint density at radius 1 is 1.10 bits per heavy atom. The van der Waals surface area contributed by atoms with E-state index in [0.717, 1.165) is 11.5 Å². The number of rotatable bonds is 3. The van der Waals surface area contributed by atoms with Crippen LogP contribution in [-0.2, 0) is 0 Å². The van der Waals surface area contributed by atoms with Gasteiger partial charge in [0.2, 0.25) is 0 Å². The second-order valence-corrected chi connectivity index (χ2v) is 4.82. The summed E-state index contributed by atoms with van der Waals surface area (Å²) in [6.07, 6.45) is 1.57. The van der Waals surface area contributed by atoms with Crippen LogP contribution in [0, 0.1) is 11.3 Å². The average molecular weight is 280 g/mol. The third kappa shape index (κ3) is 3.18. The van der Waals surface area contributed by atoms with Gasteiger partial charge in [-0.3, -0.25) is 4.79 Å². The molecule has 2 rings (SSSR count). The minimum Gasteiger partial charge on any atom is -0.345 e. The lowest BCUT2D eigenvalue weighted by atomic mass is 10.2. The molecule has 0 spiro atoms. The molecule has 2 aromatic rings. The van der Waals surface area contributed by atoms with Crippen molar-refractivity contribution < 1.29 is 4.79 Å². The molecule has 5 heteroatoms. The first-order chi connectivity index (χ1) is 10.0. The van der Waals surface area contributed by atoms with Crippen molar-refractivity contribution in [1.29, 1.82) is 5.26 Å². The molecule has 0 aliphatic rings. The highest BCUT2D eigenvalue weighted by Gasteiger charge is 2.10. The SMILES string of the molecule is CN(C)C(=O)c1ccc(N(C)c2ccc(C#N)cc2)nc1. The van der Waals surface area contributed by atoms with E-state index in [1.165, 1.54) is 4.90 Å². The van der Waals surface area contributed by atoms with Crippen LogP contribution in [0.1, 0.15) is 15.9 Å². The number of hydrogen-bond acceptors (Lipinski definition) is 4. The standard InChI is InChI=1S/C16H16N4O/c1-19(2)16(21)13-6-9-15(18-11-13)20(3)14-7-4-12(10-17)5-8-14/h4-9,11H,1-3H3. The van der Waals surface area contributed by atoms with Crippen LogP contribution >= 0.6 is 0 Å². The van der Waals surface area contributed by atoms with Gasteiger partial charge in [-0.1, -0.05) is 0 Å². The Morgan fingerprint density at radius 2 is 1.76 bits per heavy atom. The van der Waals surface area contributed by atoms with Crippen molar-refractivity contribution in [3.8, 4) is 6.07 Å². The molecule has 0 aliphatic carbocycles. The van der Waals surface area contributed by atoms with E-state index in [2.05, 4.69) is 11.1 Å². The van der Waals surface area contributed by atoms with Crippen LogP contribution in [0.2, 0.25) is 0 Å². The smallest absolute Gasteiger partial charge is 0.254 e. The summed E-state index contributed by atoms with van der Waals surface area (Å²) in [5.74, 6) is 0.657. The van der Waals surface area contributed by atoms with Gasteiger partial charge in [-0.25, -0.2) is 4.98 Å². The van der Waals surface area contributed by atoms with Crippen LogP contribution in [0.15, 0.2) is 42.6 Å². The fourth-order valence-electron chi connectivity index (χ4n) is 1.86. The van der Waals surface area contributed by atoms with Crippen molar-refractivity contribution in [2.45, 2.75) is 0 Å². The topological polar surface area (TPSA) is 60.2 Å². The van der Waals surface area contributed by atoms with Crippen LogP contribution < -0.4 is 4.90 Å². The Labute approximate surface area is 124 Å². The van der Waals surface area contributed by atoms with Crippen molar-refractivity contribution >= 4 is 17.4 Å². The van der Waals surface area contributed by atoms with E-state index in [1.54, 1.807) is 44.6 Å². The summed E-state index contributed by atoms with van der Waals surface area (Å²) in [5, 5.41) is 8.80. The van der Waals surface area contributed by atoms with Gasteiger partial charge < -0.3 is 9.80 Å². The van der Waals surface area contributed by atoms with Gasteiger partial charge in [0.1, 0.15) is 5.82 Å². The third-order valence-corrected chi connectivity index (χ3v) is 3.13. The number of nitriles is 1. The second-order valence-electron chi connectivity index (χ2n) is 4.82. The predicted octanol–water partition coefficient (Wildman–Crippen LogP) is 2.42. The third-order valence-electron chi connectivity index (χ3n) is 3.13. The van der Waals surface area contributed by atoms with Crippen LogP contribution in [0.25, 0.3) is 0 Å². The number of aromatic nitrogens is 1. The van der Waals surface area contributed by atoms with Gasteiger partial charge in [0.05, 0.1) is 17.2 Å². The minimum absolute atomic E-state index is 0.0740. The molecule has 1 amide bonds. The van der Waals surface area contributed by atoms with Gasteiger partial charge >= 0.3 is 0 Å². The van der Waals surface area contributed by atoms with Crippen molar-refractivity contribution in [3.05, 3.63) is 53.7 Å². The van der Waals surface area contributed by atoms with Gasteiger partial charge in [0.15, 0.2) is 0 Å². The Morgan fingerprint density at radius 3 is 2.24 bits per heavy atom. The number of anilines is 2. The van der Waals surface area contributed by atoms with E-state index in [-0.39, 0.29) is 5.91 Å². The van der Waals surface area contributed by atoms with Gasteiger partial charge in [0.25, 0.3) is 5.91 Å². The number of carbonyl (C=O) groups is 1. The summed E-state index contributed by atoms with van der Waals surface area (Å²) in [7, 11) is 5.30. The molecule has 0 unspecified atom stereocenters. The summed E-state index contributed by atoms with van der Waals surface area (Å²) in [5.41, 5.74) is 2.09. The highest BCUT2D eigenvalue weighted by atomic mass is 16.2. The molecule has 0 bridgehead atoms. The van der Waals surface area contributed by atoms with Crippen LogP contribution in [0.3, 0.4) is 0 Å². The monoisotopic (exact) mass is 280 g/mol. The molecule has 1 aromatic carbocycles. The Balaban J connectivity index is 2.21. The molecule has 0 N–H and O–H groups in total. The summed E-state index contributed by atoms with van der Waals surface area (Å²) < 4.78 is 0. The molecular weight excluding hydrogens is 264 g/mol. The van der Waals surface area contributed by atoms with Gasteiger partial charge in [0, 0.05) is 33.0 Å². The molecule has 1 aromatic heterocycles. The number of amides is 1. The van der Waals surface area contributed by atoms with Gasteiger partial charge in [-0.15, -0.1) is 0 Å². The zero-order valence-electron chi connectivity index (χ0n) is 12.2. The summed E-state index contributed by atoms with van der Waals surface area (Å²) in [6, 6.07) is 12.9. The highest BCUT2D eigenvalue weighted by Crippen LogP contribution is 2.22. The molecule has 21 heavy (non-hydrogen) atoms. The van der Waals surface area contributed by atoms with Crippen LogP contribution in [0.5, 0.6) is 0 Å². The first-order valence-corrected chi connectivity index (χ1v) is 6.44. The number of carbonyl (C=O) groups excluding carboxylic acids is 1. The van der Waals surface area contributed by atoms with Crippen LogP contribution in [-0.4, -0.2) is 36.9 Å². The summed E-state index contributed by atoms with van der Waals surface area (Å²) >= 11 is 0. The van der Waals surface area contributed by atoms with E-state index in [9.17, 15) is 4.79 Å². The van der Waals surface area contributed by atoms with Crippen molar-refractivity contribution in [1.82, 2.24) is 9.88 Å². The highest BCUT2D eigenvalue weighted by molar-refractivity contribution is 5.93. The predicted molar refractivity (Wildman–Crippen MR) is 81.5 cm³/mol. The van der Waals surface area contributed by atoms with Crippen molar-refractivity contribution in [2.75, 3.05) is 26.0 Å². The van der Waals surface area contributed by atoms with Crippen LogP contribution in [0.4, 0.5) is 11.5 Å². The maximum absolute atomic E-state index is 11.8. The van der Waals surface area contributed by atoms with Crippen molar-refractivity contribution in [3.63, 3.8) is 0 Å². The maximum atomic E-state index is 11.8. The van der Waals surface area contributed by atoms with E-state index in [4.69, 9.17) is 5.26 Å². The maximum Gasteiger partial charge on any atom is 0.254 e. The molecule has 0 saturated heterocycles. The lowest BCUT2D eigenvalue weighted by molar-refractivity contribution is 0.0827. The van der Waals surface area contributed by atoms with E-state index < -0.39 is 0 Å². The molecule has 106 valence electrons. The lowest BCUT2D eigenvalue weighted by Crippen LogP contribution is -2.22. The van der Waals surface area contributed by atoms with E-state index in [0.29, 0.717) is 11.1 Å². The summed E-state index contributed by atoms with van der Waals surface area (Å²) in [6.45, 7) is 0. The van der Waals surface area contributed by atoms with Gasteiger partial charge in [-0.2, -0.15) is 5.26 Å². The average Bonchev–Trinajstić information content (AvgIpc) is 2.53. The first kappa shape index (κ1) is 14.5. The zero-order valence-corrected chi connectivity index (χ0v) is 12.2. The molecule has 1 heterocycles. The molecule has 0 radical (unpaired) electrons. The normalized spacial score (nSPS) is 9.81. The van der Waals surface area contributed by atoms with Gasteiger partial charge in [-0.05, 0) is 36.4 Å². The number of hydrogen-bond donors (Lipinski definition) is 0. The van der Waals surface area contributed by atoms with E-state index in [1.807, 2.05) is 24.1 Å². The Bertz CT molecular complexity index is 669. The number of pyridine rings is 1. The second kappa shape index (κ2) is 6.06. The zero-order chi connectivity index (χ0) is 15.4. The minimum atomic E-state index is -0.0740. The quantitative estimate of drug-likeness (QED) is 0.866. The fourth-order valence-corrected chi connectivity index (χ4v) is 1.86. The number of nitrogens with zero attached hydrogens (tertiary/aromatic N) is 4. The molecule has 0 saturated carbocycles. The molecule has 0 aliphatic heterocycles. The molecule has 0 fully saturated rings. The molecule has 5 nitrogen and oxygen atoms in total. The van der Waals surface area contributed by atoms with Crippen molar-refractivity contribution in [2.24, 2.45) is 0 Å². The molecular formula is C16H16N4O. The largest absolute Gasteiger partial charge is 0.345 e. The van der Waals surface area contributed by atoms with E-state index >= 15 is 0 Å². The number of benzene rings is 1. The lowest BCUT2D eigenvalue weighted by Gasteiger charge is -2.18. The molecule has 0 atom stereocenters. The summed E-state index contributed by atoms with van der Waals surface area (Å²) in [4.78, 5) is 19.5. The first-order valence-electron chi connectivity index (χ1n) is 6.44. The Hall–Kier alpha value is -2.87.